The minimum atomic E-state index is 0. The smallest absolute Gasteiger partial charge is 0.257 e. The molecule has 106 valence electrons. The third kappa shape index (κ3) is 3.61. The van der Waals surface area contributed by atoms with Crippen LogP contribution in [0.4, 0.5) is 0 Å². The Morgan fingerprint density at radius 2 is 2.21 bits per heavy atom. The van der Waals surface area contributed by atoms with Crippen molar-refractivity contribution >= 4 is 18.3 Å². The first-order valence-electron chi connectivity index (χ1n) is 6.38. The van der Waals surface area contributed by atoms with Crippen LogP contribution in [0, 0.1) is 5.92 Å². The normalized spacial score (nSPS) is 18.6. The van der Waals surface area contributed by atoms with Crippen LogP contribution in [0.15, 0.2) is 24.3 Å². The molecule has 2 rings (SSSR count). The molecule has 1 aliphatic rings. The fourth-order valence-electron chi connectivity index (χ4n) is 2.43. The van der Waals surface area contributed by atoms with Gasteiger partial charge in [0.1, 0.15) is 5.75 Å². The van der Waals surface area contributed by atoms with E-state index in [0.717, 1.165) is 25.9 Å². The molecule has 0 aliphatic carbocycles. The molecule has 0 bridgehead atoms. The number of methoxy groups -OCH3 is 1. The Bertz CT molecular complexity index is 426. The van der Waals surface area contributed by atoms with Crippen molar-refractivity contribution in [3.8, 4) is 5.75 Å². The Balaban J connectivity index is 0.00000180. The lowest BCUT2D eigenvalue weighted by atomic mass is 9.97. The zero-order valence-electron chi connectivity index (χ0n) is 11.2. The monoisotopic (exact) mass is 284 g/mol. The number of nitrogens with zero attached hydrogens (tertiary/aromatic N) is 1. The maximum absolute atomic E-state index is 12.4. The summed E-state index contributed by atoms with van der Waals surface area (Å²) in [5, 5.41) is 0. The van der Waals surface area contributed by atoms with Crippen LogP contribution >= 0.6 is 12.4 Å². The van der Waals surface area contributed by atoms with Crippen LogP contribution < -0.4 is 10.5 Å². The van der Waals surface area contributed by atoms with Gasteiger partial charge in [-0.05, 0) is 37.4 Å². The Morgan fingerprint density at radius 3 is 2.89 bits per heavy atom. The van der Waals surface area contributed by atoms with Gasteiger partial charge in [-0.15, -0.1) is 12.4 Å². The average molecular weight is 285 g/mol. The number of rotatable bonds is 3. The van der Waals surface area contributed by atoms with Crippen LogP contribution in [0.1, 0.15) is 23.2 Å². The van der Waals surface area contributed by atoms with Gasteiger partial charge in [-0.2, -0.15) is 0 Å². The molecule has 4 nitrogen and oxygen atoms in total. The van der Waals surface area contributed by atoms with Gasteiger partial charge in [0, 0.05) is 13.1 Å². The molecule has 0 saturated carbocycles. The van der Waals surface area contributed by atoms with Crippen LogP contribution in [0.3, 0.4) is 0 Å². The third-order valence-corrected chi connectivity index (χ3v) is 3.48. The van der Waals surface area contributed by atoms with E-state index in [1.54, 1.807) is 7.11 Å². The van der Waals surface area contributed by atoms with Crippen molar-refractivity contribution in [2.75, 3.05) is 26.7 Å². The first kappa shape index (κ1) is 15.8. The Labute approximate surface area is 120 Å². The molecule has 1 heterocycles. The largest absolute Gasteiger partial charge is 0.496 e. The summed E-state index contributed by atoms with van der Waals surface area (Å²) in [4.78, 5) is 14.3. The van der Waals surface area contributed by atoms with E-state index in [-0.39, 0.29) is 18.3 Å². The SMILES string of the molecule is COc1ccccc1C(=O)N1CCCC(CN)C1.Cl. The number of amides is 1. The molecule has 1 atom stereocenters. The Hall–Kier alpha value is -1.26. The number of carbonyl (C=O) groups is 1. The second-order valence-electron chi connectivity index (χ2n) is 4.70. The molecular weight excluding hydrogens is 264 g/mol. The summed E-state index contributed by atoms with van der Waals surface area (Å²) in [5.41, 5.74) is 6.33. The van der Waals surface area contributed by atoms with Crippen LogP contribution in [0.2, 0.25) is 0 Å². The maximum atomic E-state index is 12.4. The third-order valence-electron chi connectivity index (χ3n) is 3.48. The number of piperidine rings is 1. The molecule has 1 aromatic rings. The molecule has 1 amide bonds. The molecule has 1 aliphatic heterocycles. The summed E-state index contributed by atoms with van der Waals surface area (Å²) in [5.74, 6) is 1.11. The predicted molar refractivity (Wildman–Crippen MR) is 77.9 cm³/mol. The summed E-state index contributed by atoms with van der Waals surface area (Å²) in [6, 6.07) is 7.36. The second kappa shape index (κ2) is 7.36. The first-order chi connectivity index (χ1) is 8.76. The standard InChI is InChI=1S/C14H20N2O2.ClH/c1-18-13-7-3-2-6-12(13)14(17)16-8-4-5-11(9-15)10-16;/h2-3,6-7,11H,4-5,8-10,15H2,1H3;1H. The van der Waals surface area contributed by atoms with Crippen LogP contribution in [0.25, 0.3) is 0 Å². The van der Waals surface area contributed by atoms with Crippen molar-refractivity contribution in [3.05, 3.63) is 29.8 Å². The summed E-state index contributed by atoms with van der Waals surface area (Å²) >= 11 is 0. The van der Waals surface area contributed by atoms with Crippen molar-refractivity contribution < 1.29 is 9.53 Å². The highest BCUT2D eigenvalue weighted by atomic mass is 35.5. The Kier molecular flexibility index (Phi) is 6.12. The molecule has 0 aromatic heterocycles. The van der Waals surface area contributed by atoms with Gasteiger partial charge in [0.25, 0.3) is 5.91 Å². The van der Waals surface area contributed by atoms with Crippen molar-refractivity contribution in [2.24, 2.45) is 11.7 Å². The molecule has 1 unspecified atom stereocenters. The van der Waals surface area contributed by atoms with E-state index in [4.69, 9.17) is 10.5 Å². The topological polar surface area (TPSA) is 55.6 Å². The van der Waals surface area contributed by atoms with Crippen LogP contribution in [-0.4, -0.2) is 37.6 Å². The van der Waals surface area contributed by atoms with E-state index in [1.165, 1.54) is 0 Å². The number of hydrogen-bond acceptors (Lipinski definition) is 3. The van der Waals surface area contributed by atoms with Gasteiger partial charge < -0.3 is 15.4 Å². The molecular formula is C14H21ClN2O2. The lowest BCUT2D eigenvalue weighted by Crippen LogP contribution is -2.42. The number of halogens is 1. The second-order valence-corrected chi connectivity index (χ2v) is 4.70. The first-order valence-corrected chi connectivity index (χ1v) is 6.38. The van der Waals surface area contributed by atoms with E-state index in [2.05, 4.69) is 0 Å². The van der Waals surface area contributed by atoms with Crippen LogP contribution in [0.5, 0.6) is 5.75 Å². The quantitative estimate of drug-likeness (QED) is 0.923. The van der Waals surface area contributed by atoms with Gasteiger partial charge in [-0.25, -0.2) is 0 Å². The van der Waals surface area contributed by atoms with Gasteiger partial charge in [-0.1, -0.05) is 12.1 Å². The zero-order valence-corrected chi connectivity index (χ0v) is 12.0. The van der Waals surface area contributed by atoms with E-state index in [1.807, 2.05) is 29.2 Å². The molecule has 2 N–H and O–H groups in total. The van der Waals surface area contributed by atoms with E-state index in [9.17, 15) is 4.79 Å². The number of hydrogen-bond donors (Lipinski definition) is 1. The molecule has 1 fully saturated rings. The Morgan fingerprint density at radius 1 is 1.47 bits per heavy atom. The van der Waals surface area contributed by atoms with Gasteiger partial charge >= 0.3 is 0 Å². The molecule has 1 aromatic carbocycles. The van der Waals surface area contributed by atoms with Gasteiger partial charge in [0.2, 0.25) is 0 Å². The molecule has 0 spiro atoms. The van der Waals surface area contributed by atoms with Crippen molar-refractivity contribution in [3.63, 3.8) is 0 Å². The number of para-hydroxylation sites is 1. The van der Waals surface area contributed by atoms with Gasteiger partial charge in [-0.3, -0.25) is 4.79 Å². The lowest BCUT2D eigenvalue weighted by Gasteiger charge is -2.32. The van der Waals surface area contributed by atoms with E-state index >= 15 is 0 Å². The zero-order chi connectivity index (χ0) is 13.0. The summed E-state index contributed by atoms with van der Waals surface area (Å²) < 4.78 is 5.24. The predicted octanol–water partition coefficient (Wildman–Crippen LogP) is 1.93. The highest BCUT2D eigenvalue weighted by Crippen LogP contribution is 2.22. The van der Waals surface area contributed by atoms with Crippen molar-refractivity contribution in [1.82, 2.24) is 4.90 Å². The lowest BCUT2D eigenvalue weighted by molar-refractivity contribution is 0.0675. The minimum Gasteiger partial charge on any atom is -0.496 e. The maximum Gasteiger partial charge on any atom is 0.257 e. The van der Waals surface area contributed by atoms with Gasteiger partial charge in [0.05, 0.1) is 12.7 Å². The fraction of sp³-hybridized carbons (Fsp3) is 0.500. The minimum absolute atomic E-state index is 0. The number of likely N-dealkylation sites (tertiary alicyclic amines) is 1. The molecule has 1 saturated heterocycles. The molecule has 19 heavy (non-hydrogen) atoms. The van der Waals surface area contributed by atoms with Crippen molar-refractivity contribution in [1.29, 1.82) is 0 Å². The van der Waals surface area contributed by atoms with E-state index < -0.39 is 0 Å². The average Bonchev–Trinajstić information content (AvgIpc) is 2.46. The highest BCUT2D eigenvalue weighted by Gasteiger charge is 2.25. The summed E-state index contributed by atoms with van der Waals surface area (Å²) in [6.07, 6.45) is 2.15. The van der Waals surface area contributed by atoms with Gasteiger partial charge in [0.15, 0.2) is 0 Å². The molecule has 5 heteroatoms. The number of ether oxygens (including phenoxy) is 1. The van der Waals surface area contributed by atoms with Crippen molar-refractivity contribution in [2.45, 2.75) is 12.8 Å². The summed E-state index contributed by atoms with van der Waals surface area (Å²) in [7, 11) is 1.59. The highest BCUT2D eigenvalue weighted by molar-refractivity contribution is 5.97. The number of nitrogens with two attached hydrogens (primary N) is 1. The number of carbonyl (C=O) groups excluding carboxylic acids is 1. The van der Waals surface area contributed by atoms with E-state index in [0.29, 0.717) is 23.8 Å². The summed E-state index contributed by atoms with van der Waals surface area (Å²) in [6.45, 7) is 2.22. The molecule has 0 radical (unpaired) electrons. The fourth-order valence-corrected chi connectivity index (χ4v) is 2.43. The van der Waals surface area contributed by atoms with Crippen LogP contribution in [-0.2, 0) is 0 Å². The number of benzene rings is 1.